The molecule has 1 N–H and O–H groups in total. The SMILES string of the molecule is Cc1cc(OCC(=O)Nc2ccccc2C#N)nc(-c2ccc(C(F)(F)F)cc2)n1. The monoisotopic (exact) mass is 412 g/mol. The molecular weight excluding hydrogens is 397 g/mol. The van der Waals surface area contributed by atoms with Gasteiger partial charge >= 0.3 is 6.18 Å². The van der Waals surface area contributed by atoms with Gasteiger partial charge in [-0.1, -0.05) is 24.3 Å². The number of nitrogens with one attached hydrogen (secondary N) is 1. The van der Waals surface area contributed by atoms with Crippen molar-refractivity contribution < 1.29 is 22.7 Å². The Morgan fingerprint density at radius 3 is 2.50 bits per heavy atom. The molecule has 2 aromatic carbocycles. The van der Waals surface area contributed by atoms with Crippen molar-refractivity contribution >= 4 is 11.6 Å². The smallest absolute Gasteiger partial charge is 0.416 e. The lowest BCUT2D eigenvalue weighted by molar-refractivity contribution is -0.137. The van der Waals surface area contributed by atoms with Gasteiger partial charge in [-0.15, -0.1) is 0 Å². The molecule has 0 atom stereocenters. The quantitative estimate of drug-likeness (QED) is 0.673. The second-order valence-electron chi connectivity index (χ2n) is 6.24. The van der Waals surface area contributed by atoms with Gasteiger partial charge in [0.15, 0.2) is 12.4 Å². The molecule has 3 rings (SSSR count). The number of alkyl halides is 3. The van der Waals surface area contributed by atoms with Gasteiger partial charge in [-0.05, 0) is 31.2 Å². The molecule has 0 radical (unpaired) electrons. The first kappa shape index (κ1) is 20.8. The number of aryl methyl sites for hydroxylation is 1. The summed E-state index contributed by atoms with van der Waals surface area (Å²) in [5.41, 5.74) is 0.796. The number of amides is 1. The molecular formula is C21H15F3N4O2. The van der Waals surface area contributed by atoms with Gasteiger partial charge in [0.05, 0.1) is 16.8 Å². The van der Waals surface area contributed by atoms with Crippen molar-refractivity contribution in [1.82, 2.24) is 9.97 Å². The lowest BCUT2D eigenvalue weighted by Crippen LogP contribution is -2.21. The summed E-state index contributed by atoms with van der Waals surface area (Å²) in [5.74, 6) is -0.222. The second-order valence-corrected chi connectivity index (χ2v) is 6.24. The molecule has 1 aromatic heterocycles. The van der Waals surface area contributed by atoms with E-state index in [9.17, 15) is 18.0 Å². The van der Waals surface area contributed by atoms with Gasteiger partial charge < -0.3 is 10.1 Å². The zero-order valence-electron chi connectivity index (χ0n) is 15.7. The van der Waals surface area contributed by atoms with E-state index in [1.165, 1.54) is 18.2 Å². The van der Waals surface area contributed by atoms with E-state index in [2.05, 4.69) is 15.3 Å². The second kappa shape index (κ2) is 8.61. The van der Waals surface area contributed by atoms with E-state index >= 15 is 0 Å². The first-order chi connectivity index (χ1) is 14.3. The summed E-state index contributed by atoms with van der Waals surface area (Å²) in [6.45, 7) is 1.30. The summed E-state index contributed by atoms with van der Waals surface area (Å²) < 4.78 is 43.6. The van der Waals surface area contributed by atoms with Crippen molar-refractivity contribution in [3.05, 3.63) is 71.4 Å². The largest absolute Gasteiger partial charge is 0.467 e. The van der Waals surface area contributed by atoms with E-state index in [-0.39, 0.29) is 18.3 Å². The summed E-state index contributed by atoms with van der Waals surface area (Å²) in [7, 11) is 0. The number of nitriles is 1. The molecule has 152 valence electrons. The molecule has 0 unspecified atom stereocenters. The highest BCUT2D eigenvalue weighted by atomic mass is 19.4. The van der Waals surface area contributed by atoms with E-state index < -0.39 is 17.6 Å². The Morgan fingerprint density at radius 2 is 1.83 bits per heavy atom. The Balaban J connectivity index is 1.71. The van der Waals surface area contributed by atoms with Crippen molar-refractivity contribution in [2.75, 3.05) is 11.9 Å². The molecule has 3 aromatic rings. The van der Waals surface area contributed by atoms with Gasteiger partial charge in [-0.25, -0.2) is 4.98 Å². The maximum Gasteiger partial charge on any atom is 0.416 e. The molecule has 0 aliphatic carbocycles. The standard InChI is InChI=1S/C21H15F3N4O2/c1-13-10-19(30-12-18(29)27-17-5-3-2-4-15(17)11-25)28-20(26-13)14-6-8-16(9-7-14)21(22,23)24/h2-10H,12H2,1H3,(H,27,29). The first-order valence-electron chi connectivity index (χ1n) is 8.71. The van der Waals surface area contributed by atoms with Crippen LogP contribution < -0.4 is 10.1 Å². The van der Waals surface area contributed by atoms with Gasteiger partial charge in [-0.3, -0.25) is 4.79 Å². The molecule has 9 heteroatoms. The van der Waals surface area contributed by atoms with Gasteiger partial charge in [0.25, 0.3) is 5.91 Å². The topological polar surface area (TPSA) is 87.9 Å². The van der Waals surface area contributed by atoms with Crippen molar-refractivity contribution in [3.63, 3.8) is 0 Å². The predicted octanol–water partition coefficient (Wildman–Crippen LogP) is 4.36. The van der Waals surface area contributed by atoms with Crippen LogP contribution in [0.2, 0.25) is 0 Å². The van der Waals surface area contributed by atoms with Crippen molar-refractivity contribution in [1.29, 1.82) is 5.26 Å². The number of benzene rings is 2. The van der Waals surface area contributed by atoms with Crippen LogP contribution in [0.1, 0.15) is 16.8 Å². The molecule has 30 heavy (non-hydrogen) atoms. The normalized spacial score (nSPS) is 10.9. The minimum Gasteiger partial charge on any atom is -0.467 e. The van der Waals surface area contributed by atoms with Crippen LogP contribution in [0.4, 0.5) is 18.9 Å². The molecule has 0 aliphatic rings. The zero-order chi connectivity index (χ0) is 21.7. The van der Waals surface area contributed by atoms with Crippen molar-refractivity contribution in [2.45, 2.75) is 13.1 Å². The minimum absolute atomic E-state index is 0.0983. The molecule has 0 saturated carbocycles. The number of nitrogens with zero attached hydrogens (tertiary/aromatic N) is 3. The third kappa shape index (κ3) is 5.11. The van der Waals surface area contributed by atoms with Gasteiger partial charge in [0.2, 0.25) is 5.88 Å². The highest BCUT2D eigenvalue weighted by Crippen LogP contribution is 2.30. The number of rotatable bonds is 5. The average Bonchev–Trinajstić information content (AvgIpc) is 2.72. The lowest BCUT2D eigenvalue weighted by Gasteiger charge is -2.10. The molecule has 0 bridgehead atoms. The Morgan fingerprint density at radius 1 is 1.13 bits per heavy atom. The Labute approximate surface area is 170 Å². The lowest BCUT2D eigenvalue weighted by atomic mass is 10.1. The van der Waals surface area contributed by atoms with E-state index in [0.717, 1.165) is 12.1 Å². The molecule has 1 heterocycles. The molecule has 0 spiro atoms. The number of hydrogen-bond donors (Lipinski definition) is 1. The number of carbonyl (C=O) groups excluding carboxylic acids is 1. The van der Waals surface area contributed by atoms with E-state index in [4.69, 9.17) is 10.00 Å². The number of ether oxygens (including phenoxy) is 1. The summed E-state index contributed by atoms with van der Waals surface area (Å²) in [6.07, 6.45) is -4.43. The number of halogens is 3. The van der Waals surface area contributed by atoms with E-state index in [1.54, 1.807) is 31.2 Å². The van der Waals surface area contributed by atoms with Gasteiger partial charge in [0.1, 0.15) is 6.07 Å². The predicted molar refractivity (Wildman–Crippen MR) is 102 cm³/mol. The van der Waals surface area contributed by atoms with Crippen LogP contribution >= 0.6 is 0 Å². The third-order valence-corrected chi connectivity index (χ3v) is 3.97. The van der Waals surface area contributed by atoms with Crippen LogP contribution in [-0.4, -0.2) is 22.5 Å². The fourth-order valence-electron chi connectivity index (χ4n) is 2.57. The number of carbonyl (C=O) groups is 1. The van der Waals surface area contributed by atoms with Crippen LogP contribution in [-0.2, 0) is 11.0 Å². The molecule has 1 amide bonds. The Hall–Kier alpha value is -3.93. The van der Waals surface area contributed by atoms with E-state index in [0.29, 0.717) is 22.5 Å². The van der Waals surface area contributed by atoms with Gasteiger partial charge in [0, 0.05) is 17.3 Å². The number of aromatic nitrogens is 2. The number of para-hydroxylation sites is 1. The van der Waals surface area contributed by atoms with Crippen LogP contribution in [0.15, 0.2) is 54.6 Å². The van der Waals surface area contributed by atoms with Crippen LogP contribution in [0, 0.1) is 18.3 Å². The Kier molecular flexibility index (Phi) is 5.97. The summed E-state index contributed by atoms with van der Waals surface area (Å²) >= 11 is 0. The van der Waals surface area contributed by atoms with Gasteiger partial charge in [-0.2, -0.15) is 23.4 Å². The van der Waals surface area contributed by atoms with Crippen LogP contribution in [0.3, 0.4) is 0 Å². The van der Waals surface area contributed by atoms with Crippen LogP contribution in [0.5, 0.6) is 5.88 Å². The fraction of sp³-hybridized carbons (Fsp3) is 0.143. The van der Waals surface area contributed by atoms with Crippen LogP contribution in [0.25, 0.3) is 11.4 Å². The minimum atomic E-state index is -4.43. The molecule has 0 saturated heterocycles. The third-order valence-electron chi connectivity index (χ3n) is 3.97. The zero-order valence-corrected chi connectivity index (χ0v) is 15.7. The maximum atomic E-state index is 12.7. The fourth-order valence-corrected chi connectivity index (χ4v) is 2.57. The summed E-state index contributed by atoms with van der Waals surface area (Å²) in [6, 6.07) is 14.4. The molecule has 6 nitrogen and oxygen atoms in total. The van der Waals surface area contributed by atoms with E-state index in [1.807, 2.05) is 6.07 Å². The number of anilines is 1. The highest BCUT2D eigenvalue weighted by molar-refractivity contribution is 5.93. The van der Waals surface area contributed by atoms with Crippen molar-refractivity contribution in [3.8, 4) is 23.3 Å². The Bertz CT molecular complexity index is 1110. The maximum absolute atomic E-state index is 12.7. The summed E-state index contributed by atoms with van der Waals surface area (Å²) in [4.78, 5) is 20.5. The van der Waals surface area contributed by atoms with Crippen molar-refractivity contribution in [2.24, 2.45) is 0 Å². The average molecular weight is 412 g/mol. The summed E-state index contributed by atoms with van der Waals surface area (Å²) in [5, 5.41) is 11.6. The highest BCUT2D eigenvalue weighted by Gasteiger charge is 2.30. The number of hydrogen-bond acceptors (Lipinski definition) is 5. The molecule has 0 fully saturated rings. The first-order valence-corrected chi connectivity index (χ1v) is 8.71. The molecule has 0 aliphatic heterocycles.